The summed E-state index contributed by atoms with van der Waals surface area (Å²) in [6.07, 6.45) is -0.326. The molecule has 4 fully saturated rings. The molecule has 6 heterocycles. The number of pyridine rings is 2. The third kappa shape index (κ3) is 10.2. The Morgan fingerprint density at radius 1 is 0.754 bits per heavy atom. The molecule has 0 saturated carbocycles. The lowest BCUT2D eigenvalue weighted by atomic mass is 10.1. The summed E-state index contributed by atoms with van der Waals surface area (Å²) in [5, 5.41) is 4.18. The van der Waals surface area contributed by atoms with Gasteiger partial charge in [-0.05, 0) is 57.2 Å². The van der Waals surface area contributed by atoms with Crippen molar-refractivity contribution in [2.45, 2.75) is 63.8 Å². The van der Waals surface area contributed by atoms with Crippen molar-refractivity contribution < 1.29 is 37.3 Å². The average molecular weight is 828 g/mol. The van der Waals surface area contributed by atoms with Crippen molar-refractivity contribution >= 4 is 40.9 Å². The van der Waals surface area contributed by atoms with E-state index in [0.717, 1.165) is 31.3 Å². The average Bonchev–Trinajstić information content (AvgIpc) is 3.88. The Morgan fingerprint density at radius 2 is 1.30 bits per heavy atom. The van der Waals surface area contributed by atoms with Gasteiger partial charge in [-0.3, -0.25) is 4.90 Å². The van der Waals surface area contributed by atoms with Gasteiger partial charge in [-0.25, -0.2) is 13.6 Å². The molecule has 0 aliphatic carbocycles. The largest absolute Gasteiger partial charge is 0.473 e. The van der Waals surface area contributed by atoms with E-state index in [1.54, 1.807) is 41.3 Å². The summed E-state index contributed by atoms with van der Waals surface area (Å²) < 4.78 is 56.2. The number of rotatable bonds is 8. The van der Waals surface area contributed by atoms with Gasteiger partial charge in [0, 0.05) is 59.5 Å². The minimum atomic E-state index is -0.556. The van der Waals surface area contributed by atoms with Crippen LogP contribution in [0.15, 0.2) is 72.8 Å². The summed E-state index contributed by atoms with van der Waals surface area (Å²) in [6.45, 7) is 10.9. The van der Waals surface area contributed by atoms with Crippen molar-refractivity contribution in [3.05, 3.63) is 106 Å². The Bertz CT molecular complexity index is 2030. The van der Waals surface area contributed by atoms with E-state index in [9.17, 15) is 13.6 Å². The van der Waals surface area contributed by atoms with Crippen molar-refractivity contribution in [1.82, 2.24) is 20.2 Å². The number of ether oxygens (including phenoxy) is 5. The number of nitrogens with one attached hydrogen (secondary N) is 1. The predicted octanol–water partition coefficient (Wildman–Crippen LogP) is 6.91. The van der Waals surface area contributed by atoms with Crippen LogP contribution in [0.5, 0.6) is 11.8 Å². The Morgan fingerprint density at radius 3 is 1.88 bits per heavy atom. The number of carbonyl (C=O) groups excluding carboxylic acids is 1. The number of piperazine rings is 2. The molecule has 1 N–H and O–H groups in total. The van der Waals surface area contributed by atoms with Gasteiger partial charge in [-0.1, -0.05) is 47.5 Å². The van der Waals surface area contributed by atoms with Crippen LogP contribution < -0.4 is 24.6 Å². The van der Waals surface area contributed by atoms with E-state index in [4.69, 9.17) is 46.9 Å². The van der Waals surface area contributed by atoms with Crippen LogP contribution >= 0.6 is 23.2 Å². The van der Waals surface area contributed by atoms with Crippen molar-refractivity contribution in [3.8, 4) is 11.8 Å². The molecule has 304 valence electrons. The normalized spacial score (nSPS) is 21.6. The van der Waals surface area contributed by atoms with Gasteiger partial charge in [0.25, 0.3) is 0 Å². The highest BCUT2D eigenvalue weighted by Crippen LogP contribution is 2.30. The molecule has 0 bridgehead atoms. The van der Waals surface area contributed by atoms with Gasteiger partial charge in [0.1, 0.15) is 42.1 Å². The Kier molecular flexibility index (Phi) is 12.8. The summed E-state index contributed by atoms with van der Waals surface area (Å²) in [5.41, 5.74) is 0.292. The molecule has 8 rings (SSSR count). The first kappa shape index (κ1) is 40.7. The lowest BCUT2D eigenvalue weighted by Crippen LogP contribution is -2.61. The van der Waals surface area contributed by atoms with Gasteiger partial charge < -0.3 is 38.8 Å². The van der Waals surface area contributed by atoms with Crippen molar-refractivity contribution in [1.29, 1.82) is 0 Å². The van der Waals surface area contributed by atoms with E-state index in [0.29, 0.717) is 71.9 Å². The predicted molar refractivity (Wildman–Crippen MR) is 212 cm³/mol. The first-order valence-electron chi connectivity index (χ1n) is 18.9. The quantitative estimate of drug-likeness (QED) is 0.200. The first-order chi connectivity index (χ1) is 27.4. The molecule has 2 aromatic heterocycles. The smallest absolute Gasteiger partial charge is 0.410 e. The van der Waals surface area contributed by atoms with Crippen LogP contribution in [0.3, 0.4) is 0 Å². The van der Waals surface area contributed by atoms with Crippen LogP contribution in [-0.2, 0) is 27.4 Å². The third-order valence-electron chi connectivity index (χ3n) is 10.0. The van der Waals surface area contributed by atoms with E-state index in [2.05, 4.69) is 25.1 Å². The molecule has 4 saturated heterocycles. The monoisotopic (exact) mass is 826 g/mol. The van der Waals surface area contributed by atoms with E-state index in [1.165, 1.54) is 12.1 Å². The lowest BCUT2D eigenvalue weighted by Gasteiger charge is -2.44. The number of fused-ring (bicyclic) bond motifs is 2. The maximum Gasteiger partial charge on any atom is 0.410 e. The van der Waals surface area contributed by atoms with Crippen LogP contribution in [0, 0.1) is 11.6 Å². The number of halogens is 4. The fourth-order valence-corrected chi connectivity index (χ4v) is 7.56. The zero-order valence-electron chi connectivity index (χ0n) is 32.0. The molecule has 4 aromatic rings. The van der Waals surface area contributed by atoms with Gasteiger partial charge in [0.05, 0.1) is 50.6 Å². The number of benzene rings is 2. The third-order valence-corrected chi connectivity index (χ3v) is 10.5. The summed E-state index contributed by atoms with van der Waals surface area (Å²) >= 11 is 11.6. The zero-order chi connectivity index (χ0) is 40.1. The minimum absolute atomic E-state index is 0.0345. The molecule has 0 radical (unpaired) electrons. The topological polar surface area (TPSA) is 111 Å². The van der Waals surface area contributed by atoms with E-state index < -0.39 is 11.4 Å². The summed E-state index contributed by atoms with van der Waals surface area (Å²) in [5.74, 6) is 1.65. The molecule has 16 heteroatoms. The Labute approximate surface area is 340 Å². The van der Waals surface area contributed by atoms with Gasteiger partial charge >= 0.3 is 6.09 Å². The highest BCUT2D eigenvalue weighted by atomic mass is 35.5. The number of hydrogen-bond acceptors (Lipinski definition) is 11. The standard InChI is InChI=1S/C23H27ClFN3O4.C18H19ClFN3O2/c1-23(2,3)32-22(29)28-10-9-27(18-13-30-14-19(18)28)20-5-4-6-21(26-20)31-12-15-7-8-16(24)11-17(15)25;19-13-5-4-12(14(20)8-13)9-25-18-3-1-2-17(22-18)23-7-6-21-15-10-24-11-16(15)23/h4-8,11,18-19H,9-10,12-14H2,1-3H3;1-5,8,15-16,21H,6-7,9-11H2/t18-,19+;15-,16+/m00/s1. The first-order valence-corrected chi connectivity index (χ1v) is 19.7. The van der Waals surface area contributed by atoms with Gasteiger partial charge in [0.2, 0.25) is 11.8 Å². The Balaban J connectivity index is 0.000000179. The van der Waals surface area contributed by atoms with E-state index >= 15 is 0 Å². The number of nitrogens with zero attached hydrogens (tertiary/aromatic N) is 5. The summed E-state index contributed by atoms with van der Waals surface area (Å²) in [7, 11) is 0. The number of carbonyl (C=O) groups is 1. The van der Waals surface area contributed by atoms with Crippen molar-refractivity contribution in [2.75, 3.05) is 62.4 Å². The number of aromatic nitrogens is 2. The SMILES string of the molecule is CC(C)(C)OC(=O)N1CCN(c2cccc(OCc3ccc(Cl)cc3F)n2)[C@H]2COC[C@H]21.Fc1cc(Cl)ccc1COc1cccc(N2CCN[C@H]3COC[C@H]32)n1. The van der Waals surface area contributed by atoms with Crippen LogP contribution in [0.2, 0.25) is 10.0 Å². The summed E-state index contributed by atoms with van der Waals surface area (Å²) in [6, 6.07) is 20.6. The van der Waals surface area contributed by atoms with Crippen molar-refractivity contribution in [2.24, 2.45) is 0 Å². The van der Waals surface area contributed by atoms with E-state index in [-0.39, 0.29) is 43.2 Å². The fraction of sp³-hybridized carbons (Fsp3) is 0.439. The molecule has 0 unspecified atom stereocenters. The molecule has 4 atom stereocenters. The van der Waals surface area contributed by atoms with Gasteiger partial charge in [0.15, 0.2) is 0 Å². The van der Waals surface area contributed by atoms with Crippen LogP contribution in [0.4, 0.5) is 25.2 Å². The van der Waals surface area contributed by atoms with Crippen LogP contribution in [-0.4, -0.2) is 103 Å². The molecular formula is C41H46Cl2F2N6O6. The lowest BCUT2D eigenvalue weighted by molar-refractivity contribution is 0.0109. The second kappa shape index (κ2) is 18.0. The molecule has 1 amide bonds. The zero-order valence-corrected chi connectivity index (χ0v) is 33.5. The fourth-order valence-electron chi connectivity index (χ4n) is 7.24. The molecule has 4 aliphatic rings. The van der Waals surface area contributed by atoms with Crippen LogP contribution in [0.25, 0.3) is 0 Å². The van der Waals surface area contributed by atoms with Gasteiger partial charge in [-0.2, -0.15) is 9.97 Å². The molecule has 12 nitrogen and oxygen atoms in total. The Hall–Kier alpha value is -4.47. The minimum Gasteiger partial charge on any atom is -0.473 e. The van der Waals surface area contributed by atoms with E-state index in [1.807, 2.05) is 45.0 Å². The molecular weight excluding hydrogens is 781 g/mol. The highest BCUT2D eigenvalue weighted by molar-refractivity contribution is 6.30. The van der Waals surface area contributed by atoms with Gasteiger partial charge in [-0.15, -0.1) is 0 Å². The summed E-state index contributed by atoms with van der Waals surface area (Å²) in [4.78, 5) is 28.0. The second-order valence-corrected chi connectivity index (χ2v) is 16.0. The van der Waals surface area contributed by atoms with Crippen LogP contribution in [0.1, 0.15) is 31.9 Å². The maximum atomic E-state index is 14.0. The highest BCUT2D eigenvalue weighted by Gasteiger charge is 2.44. The molecule has 57 heavy (non-hydrogen) atoms. The number of hydrogen-bond donors (Lipinski definition) is 1. The molecule has 4 aliphatic heterocycles. The number of amides is 1. The maximum absolute atomic E-state index is 14.0. The van der Waals surface area contributed by atoms with Crippen molar-refractivity contribution in [3.63, 3.8) is 0 Å². The molecule has 0 spiro atoms. The second-order valence-electron chi connectivity index (χ2n) is 15.1. The number of anilines is 2. The molecule has 2 aromatic carbocycles.